The van der Waals surface area contributed by atoms with Gasteiger partial charge in [-0.2, -0.15) is 0 Å². The number of fused-ring (bicyclic) bond motifs is 1. The van der Waals surface area contributed by atoms with Gasteiger partial charge in [-0.1, -0.05) is 48.6 Å². The second-order valence-electron chi connectivity index (χ2n) is 6.43. The van der Waals surface area contributed by atoms with Crippen LogP contribution in [0.4, 0.5) is 5.69 Å². The lowest BCUT2D eigenvalue weighted by molar-refractivity contribution is 0.242. The van der Waals surface area contributed by atoms with Gasteiger partial charge in [0.15, 0.2) is 0 Å². The van der Waals surface area contributed by atoms with E-state index in [2.05, 4.69) is 86.5 Å². The quantitative estimate of drug-likeness (QED) is 0.718. The number of anilines is 1. The Morgan fingerprint density at radius 1 is 1.00 bits per heavy atom. The van der Waals surface area contributed by atoms with E-state index in [1.165, 1.54) is 28.1 Å². The molecule has 0 N–H and O–H groups in total. The average molecular weight is 319 g/mol. The fraction of sp³-hybridized carbons (Fsp3) is 0.273. The minimum absolute atomic E-state index is 0.627. The van der Waals surface area contributed by atoms with Gasteiger partial charge in [0.2, 0.25) is 0 Å². The number of benzene rings is 1. The Bertz CT molecular complexity index is 762. The fourth-order valence-corrected chi connectivity index (χ4v) is 3.00. The molecule has 2 aliphatic rings. The molecule has 0 bridgehead atoms. The predicted octanol–water partition coefficient (Wildman–Crippen LogP) is 5.45. The molecule has 0 amide bonds. The van der Waals surface area contributed by atoms with E-state index >= 15 is 0 Å². The second kappa shape index (κ2) is 7.39. The highest BCUT2D eigenvalue weighted by molar-refractivity contribution is 5.56. The van der Waals surface area contributed by atoms with Gasteiger partial charge in [0, 0.05) is 19.2 Å². The maximum absolute atomic E-state index is 6.27. The van der Waals surface area contributed by atoms with Crippen molar-refractivity contribution in [3.8, 4) is 0 Å². The van der Waals surface area contributed by atoms with Gasteiger partial charge in [-0.15, -0.1) is 0 Å². The van der Waals surface area contributed by atoms with Crippen LogP contribution in [0.15, 0.2) is 83.3 Å². The van der Waals surface area contributed by atoms with E-state index in [1.54, 1.807) is 0 Å². The number of rotatable bonds is 2. The zero-order valence-electron chi connectivity index (χ0n) is 14.8. The van der Waals surface area contributed by atoms with Gasteiger partial charge < -0.3 is 9.64 Å². The lowest BCUT2D eigenvalue weighted by Gasteiger charge is -2.26. The summed E-state index contributed by atoms with van der Waals surface area (Å²) in [6.45, 7) is 4.86. The molecule has 0 atom stereocenters. The van der Waals surface area contributed by atoms with Crippen molar-refractivity contribution in [1.82, 2.24) is 0 Å². The molecule has 1 aromatic carbocycles. The predicted molar refractivity (Wildman–Crippen MR) is 102 cm³/mol. The summed E-state index contributed by atoms with van der Waals surface area (Å²) in [5.41, 5.74) is 6.14. The van der Waals surface area contributed by atoms with E-state index in [1.807, 2.05) is 0 Å². The van der Waals surface area contributed by atoms with Crippen molar-refractivity contribution in [2.45, 2.75) is 26.7 Å². The SMILES string of the molecule is C/C1=C/C=C\CC2=CC=CCC(N(C)c3cccc(C)c3)=C2OC1. The largest absolute Gasteiger partial charge is 0.487 e. The summed E-state index contributed by atoms with van der Waals surface area (Å²) in [6.07, 6.45) is 14.7. The molecule has 1 heterocycles. The summed E-state index contributed by atoms with van der Waals surface area (Å²) in [7, 11) is 2.13. The summed E-state index contributed by atoms with van der Waals surface area (Å²) < 4.78 is 6.27. The first kappa shape index (κ1) is 16.4. The third-order valence-corrected chi connectivity index (χ3v) is 4.39. The standard InChI is InChI=1S/C22H25NO/c1-17-10-8-13-20(15-17)23(3)21-14-7-6-12-19-11-5-4-9-18(2)16-24-22(19)21/h4-10,12-13,15H,11,14,16H2,1-3H3/b5-4-,18-9-. The molecule has 24 heavy (non-hydrogen) atoms. The Morgan fingerprint density at radius 3 is 2.62 bits per heavy atom. The monoisotopic (exact) mass is 319 g/mol. The van der Waals surface area contributed by atoms with Crippen molar-refractivity contribution in [3.05, 3.63) is 88.9 Å². The molecule has 0 saturated heterocycles. The number of hydrogen-bond acceptors (Lipinski definition) is 2. The number of nitrogens with zero attached hydrogens (tertiary/aromatic N) is 1. The molecule has 2 nitrogen and oxygen atoms in total. The maximum Gasteiger partial charge on any atom is 0.143 e. The Labute approximate surface area is 145 Å². The van der Waals surface area contributed by atoms with E-state index in [-0.39, 0.29) is 0 Å². The number of ether oxygens (including phenoxy) is 1. The fourth-order valence-electron chi connectivity index (χ4n) is 3.00. The van der Waals surface area contributed by atoms with E-state index in [9.17, 15) is 0 Å². The van der Waals surface area contributed by atoms with Crippen LogP contribution in [-0.4, -0.2) is 13.7 Å². The molecule has 0 unspecified atom stereocenters. The minimum Gasteiger partial charge on any atom is -0.487 e. The summed E-state index contributed by atoms with van der Waals surface area (Å²) in [5.74, 6) is 1.02. The summed E-state index contributed by atoms with van der Waals surface area (Å²) in [5, 5.41) is 0. The van der Waals surface area contributed by atoms with Crippen LogP contribution in [0.2, 0.25) is 0 Å². The van der Waals surface area contributed by atoms with Crippen LogP contribution in [0.1, 0.15) is 25.3 Å². The number of hydrogen-bond donors (Lipinski definition) is 0. The summed E-state index contributed by atoms with van der Waals surface area (Å²) in [6, 6.07) is 8.60. The average Bonchev–Trinajstić information content (AvgIpc) is 2.72. The molecule has 2 heteroatoms. The number of allylic oxidation sites excluding steroid dienone is 7. The lowest BCUT2D eigenvalue weighted by atomic mass is 10.1. The van der Waals surface area contributed by atoms with E-state index in [0.29, 0.717) is 6.61 Å². The molecule has 0 aromatic heterocycles. The molecular formula is C22H25NO. The van der Waals surface area contributed by atoms with Gasteiger partial charge >= 0.3 is 0 Å². The van der Waals surface area contributed by atoms with E-state index < -0.39 is 0 Å². The van der Waals surface area contributed by atoms with Crippen molar-refractivity contribution in [2.75, 3.05) is 18.6 Å². The zero-order chi connectivity index (χ0) is 16.9. The lowest BCUT2D eigenvalue weighted by Crippen LogP contribution is -2.20. The third kappa shape index (κ3) is 3.70. The van der Waals surface area contributed by atoms with E-state index in [0.717, 1.165) is 18.6 Å². The normalized spacial score (nSPS) is 21.1. The highest BCUT2D eigenvalue weighted by Crippen LogP contribution is 2.31. The Kier molecular flexibility index (Phi) is 5.05. The Balaban J connectivity index is 2.03. The van der Waals surface area contributed by atoms with Crippen molar-refractivity contribution >= 4 is 5.69 Å². The van der Waals surface area contributed by atoms with Gasteiger partial charge in [-0.05, 0) is 49.1 Å². The first-order chi connectivity index (χ1) is 11.6. The molecule has 3 rings (SSSR count). The van der Waals surface area contributed by atoms with Crippen LogP contribution in [0, 0.1) is 6.92 Å². The second-order valence-corrected chi connectivity index (χ2v) is 6.43. The van der Waals surface area contributed by atoms with Gasteiger partial charge in [0.1, 0.15) is 12.4 Å². The minimum atomic E-state index is 0.627. The molecule has 1 aliphatic heterocycles. The first-order valence-corrected chi connectivity index (χ1v) is 8.50. The molecule has 124 valence electrons. The van der Waals surface area contributed by atoms with Crippen molar-refractivity contribution in [3.63, 3.8) is 0 Å². The Hall–Kier alpha value is -2.48. The summed E-state index contributed by atoms with van der Waals surface area (Å²) in [4.78, 5) is 2.26. The molecule has 0 fully saturated rings. The van der Waals surface area contributed by atoms with Crippen molar-refractivity contribution in [1.29, 1.82) is 0 Å². The summed E-state index contributed by atoms with van der Waals surface area (Å²) >= 11 is 0. The third-order valence-electron chi connectivity index (χ3n) is 4.39. The van der Waals surface area contributed by atoms with Crippen LogP contribution in [0.5, 0.6) is 0 Å². The Morgan fingerprint density at radius 2 is 1.79 bits per heavy atom. The van der Waals surface area contributed by atoms with Crippen LogP contribution in [-0.2, 0) is 4.74 Å². The highest BCUT2D eigenvalue weighted by atomic mass is 16.5. The van der Waals surface area contributed by atoms with Crippen LogP contribution in [0.3, 0.4) is 0 Å². The van der Waals surface area contributed by atoms with Gasteiger partial charge in [-0.25, -0.2) is 0 Å². The molecule has 0 saturated carbocycles. The smallest absolute Gasteiger partial charge is 0.143 e. The number of aryl methyl sites for hydroxylation is 1. The topological polar surface area (TPSA) is 12.5 Å². The van der Waals surface area contributed by atoms with E-state index in [4.69, 9.17) is 4.74 Å². The molecular weight excluding hydrogens is 294 g/mol. The van der Waals surface area contributed by atoms with Crippen molar-refractivity contribution in [2.24, 2.45) is 0 Å². The van der Waals surface area contributed by atoms with Gasteiger partial charge in [-0.3, -0.25) is 0 Å². The first-order valence-electron chi connectivity index (χ1n) is 8.50. The van der Waals surface area contributed by atoms with Crippen LogP contribution in [0.25, 0.3) is 0 Å². The highest BCUT2D eigenvalue weighted by Gasteiger charge is 2.19. The van der Waals surface area contributed by atoms with Crippen LogP contribution >= 0.6 is 0 Å². The molecule has 0 spiro atoms. The molecule has 1 aliphatic carbocycles. The van der Waals surface area contributed by atoms with Gasteiger partial charge in [0.25, 0.3) is 0 Å². The maximum atomic E-state index is 6.27. The molecule has 1 aromatic rings. The molecule has 0 radical (unpaired) electrons. The zero-order valence-corrected chi connectivity index (χ0v) is 14.8. The van der Waals surface area contributed by atoms with Crippen LogP contribution < -0.4 is 4.90 Å². The van der Waals surface area contributed by atoms with Gasteiger partial charge in [0.05, 0.1) is 5.70 Å². The van der Waals surface area contributed by atoms with Crippen molar-refractivity contribution < 1.29 is 4.74 Å².